The zero-order chi connectivity index (χ0) is 15.5. The topological polar surface area (TPSA) is 132 Å². The normalized spacial score (nSPS) is 10.4. The highest BCUT2D eigenvalue weighted by atomic mass is 16.6. The fourth-order valence-corrected chi connectivity index (χ4v) is 1.79. The molecule has 0 aliphatic carbocycles. The molecule has 0 saturated carbocycles. The molecule has 0 aliphatic rings. The van der Waals surface area contributed by atoms with Gasteiger partial charge in [-0.1, -0.05) is 0 Å². The maximum Gasteiger partial charge on any atom is 0.319 e. The maximum absolute atomic E-state index is 12.0. The van der Waals surface area contributed by atoms with E-state index in [2.05, 4.69) is 25.5 Å². The summed E-state index contributed by atoms with van der Waals surface area (Å²) in [6.07, 6.45) is 7.36. The summed E-state index contributed by atoms with van der Waals surface area (Å²) < 4.78 is 1.70. The van der Waals surface area contributed by atoms with Crippen LogP contribution < -0.4 is 5.32 Å². The van der Waals surface area contributed by atoms with Crippen LogP contribution in [0.4, 0.5) is 11.4 Å². The van der Waals surface area contributed by atoms with Gasteiger partial charge in [-0.25, -0.2) is 9.97 Å². The molecule has 22 heavy (non-hydrogen) atoms. The molecule has 10 heteroatoms. The van der Waals surface area contributed by atoms with Gasteiger partial charge in [0, 0.05) is 12.4 Å². The van der Waals surface area contributed by atoms with Crippen LogP contribution in [0, 0.1) is 10.1 Å². The van der Waals surface area contributed by atoms with Crippen molar-refractivity contribution in [3.05, 3.63) is 59.1 Å². The molecule has 3 aromatic heterocycles. The number of hydrogen-bond acceptors (Lipinski definition) is 6. The van der Waals surface area contributed by atoms with E-state index in [4.69, 9.17) is 0 Å². The molecule has 0 radical (unpaired) electrons. The van der Waals surface area contributed by atoms with E-state index >= 15 is 0 Å². The van der Waals surface area contributed by atoms with Gasteiger partial charge in [0.1, 0.15) is 18.3 Å². The van der Waals surface area contributed by atoms with E-state index in [-0.39, 0.29) is 11.4 Å². The standard InChI is InChI=1S/C12H9N7O3/c20-12(11-9(19(21)22)6-15-17-11)16-8-1-2-10(14-5-8)18-4-3-13-7-18/h1-7H,(H,15,17)(H,16,20). The third kappa shape index (κ3) is 2.52. The number of carbonyl (C=O) groups excluding carboxylic acids is 1. The largest absolute Gasteiger partial charge is 0.319 e. The number of hydrogen-bond donors (Lipinski definition) is 2. The highest BCUT2D eigenvalue weighted by Gasteiger charge is 2.22. The van der Waals surface area contributed by atoms with Crippen LogP contribution in [-0.4, -0.2) is 35.6 Å². The molecule has 0 saturated heterocycles. The minimum atomic E-state index is -0.682. The van der Waals surface area contributed by atoms with E-state index in [0.29, 0.717) is 11.5 Å². The van der Waals surface area contributed by atoms with Gasteiger partial charge in [0.2, 0.25) is 5.69 Å². The molecular weight excluding hydrogens is 290 g/mol. The Morgan fingerprint density at radius 1 is 1.36 bits per heavy atom. The first-order chi connectivity index (χ1) is 10.6. The van der Waals surface area contributed by atoms with E-state index in [1.807, 2.05) is 0 Å². The van der Waals surface area contributed by atoms with Gasteiger partial charge >= 0.3 is 5.69 Å². The molecule has 1 amide bonds. The molecule has 0 atom stereocenters. The Morgan fingerprint density at radius 3 is 2.86 bits per heavy atom. The third-order valence-corrected chi connectivity index (χ3v) is 2.82. The van der Waals surface area contributed by atoms with Crippen molar-refractivity contribution in [2.45, 2.75) is 0 Å². The van der Waals surface area contributed by atoms with E-state index < -0.39 is 10.8 Å². The van der Waals surface area contributed by atoms with Gasteiger partial charge in [-0.3, -0.25) is 24.6 Å². The highest BCUT2D eigenvalue weighted by molar-refractivity contribution is 6.05. The number of nitrogens with zero attached hydrogens (tertiary/aromatic N) is 5. The number of nitrogens with one attached hydrogen (secondary N) is 2. The monoisotopic (exact) mass is 299 g/mol. The molecule has 110 valence electrons. The lowest BCUT2D eigenvalue weighted by molar-refractivity contribution is -0.385. The van der Waals surface area contributed by atoms with Crippen LogP contribution in [0.3, 0.4) is 0 Å². The van der Waals surface area contributed by atoms with Crippen LogP contribution >= 0.6 is 0 Å². The molecular formula is C12H9N7O3. The molecule has 3 heterocycles. The minimum absolute atomic E-state index is 0.219. The van der Waals surface area contributed by atoms with Crippen molar-refractivity contribution in [3.63, 3.8) is 0 Å². The van der Waals surface area contributed by atoms with Crippen LogP contribution in [0.5, 0.6) is 0 Å². The molecule has 0 aliphatic heterocycles. The average Bonchev–Trinajstić information content (AvgIpc) is 3.19. The molecule has 3 rings (SSSR count). The summed E-state index contributed by atoms with van der Waals surface area (Å²) in [5, 5.41) is 19.1. The number of amides is 1. The number of H-pyrrole nitrogens is 1. The van der Waals surface area contributed by atoms with E-state index in [1.54, 1.807) is 35.4 Å². The number of aromatic amines is 1. The number of carbonyl (C=O) groups is 1. The van der Waals surface area contributed by atoms with E-state index in [9.17, 15) is 14.9 Å². The van der Waals surface area contributed by atoms with E-state index in [0.717, 1.165) is 6.20 Å². The summed E-state index contributed by atoms with van der Waals surface area (Å²) in [6.45, 7) is 0. The summed E-state index contributed by atoms with van der Waals surface area (Å²) >= 11 is 0. The minimum Gasteiger partial charge on any atom is -0.319 e. The van der Waals surface area contributed by atoms with Crippen LogP contribution in [0.15, 0.2) is 43.2 Å². The number of aromatic nitrogens is 5. The Kier molecular flexibility index (Phi) is 3.32. The second-order valence-corrected chi connectivity index (χ2v) is 4.22. The number of rotatable bonds is 4. The number of anilines is 1. The Labute approximate surface area is 123 Å². The zero-order valence-electron chi connectivity index (χ0n) is 11.0. The SMILES string of the molecule is O=C(Nc1ccc(-n2ccnc2)nc1)c1[nH]ncc1[N+](=O)[O-]. The third-order valence-electron chi connectivity index (χ3n) is 2.82. The van der Waals surface area contributed by atoms with Crippen molar-refractivity contribution in [3.8, 4) is 5.82 Å². The predicted molar refractivity (Wildman–Crippen MR) is 74.6 cm³/mol. The van der Waals surface area contributed by atoms with Crippen LogP contribution in [0.25, 0.3) is 5.82 Å². The Balaban J connectivity index is 1.77. The first-order valence-corrected chi connectivity index (χ1v) is 6.08. The molecule has 0 bridgehead atoms. The summed E-state index contributed by atoms with van der Waals surface area (Å²) in [6, 6.07) is 3.31. The average molecular weight is 299 g/mol. The van der Waals surface area contributed by atoms with Gasteiger partial charge in [-0.2, -0.15) is 5.10 Å². The molecule has 10 nitrogen and oxygen atoms in total. The Bertz CT molecular complexity index is 808. The smallest absolute Gasteiger partial charge is 0.319 e. The summed E-state index contributed by atoms with van der Waals surface area (Å²) in [5.41, 5.74) is -0.207. The lowest BCUT2D eigenvalue weighted by atomic mass is 10.3. The summed E-state index contributed by atoms with van der Waals surface area (Å²) in [4.78, 5) is 30.1. The zero-order valence-corrected chi connectivity index (χ0v) is 11.0. The maximum atomic E-state index is 12.0. The van der Waals surface area contributed by atoms with Gasteiger partial charge < -0.3 is 5.32 Å². The first kappa shape index (κ1) is 13.4. The fourth-order valence-electron chi connectivity index (χ4n) is 1.79. The number of nitro groups is 1. The van der Waals surface area contributed by atoms with Gasteiger partial charge in [0.15, 0.2) is 0 Å². The van der Waals surface area contributed by atoms with Crippen molar-refractivity contribution in [1.82, 2.24) is 24.7 Å². The van der Waals surface area contributed by atoms with Crippen molar-refractivity contribution in [1.29, 1.82) is 0 Å². The van der Waals surface area contributed by atoms with Crippen molar-refractivity contribution >= 4 is 17.3 Å². The van der Waals surface area contributed by atoms with Crippen LogP contribution in [0.2, 0.25) is 0 Å². The van der Waals surface area contributed by atoms with Crippen LogP contribution in [0.1, 0.15) is 10.5 Å². The number of pyridine rings is 1. The van der Waals surface area contributed by atoms with Gasteiger partial charge in [-0.05, 0) is 12.1 Å². The summed E-state index contributed by atoms with van der Waals surface area (Å²) in [7, 11) is 0. The Morgan fingerprint density at radius 2 is 2.23 bits per heavy atom. The first-order valence-electron chi connectivity index (χ1n) is 6.08. The van der Waals surface area contributed by atoms with Crippen molar-refractivity contribution in [2.75, 3.05) is 5.32 Å². The van der Waals surface area contributed by atoms with E-state index in [1.165, 1.54) is 6.20 Å². The van der Waals surface area contributed by atoms with Crippen LogP contribution in [-0.2, 0) is 0 Å². The lowest BCUT2D eigenvalue weighted by Crippen LogP contribution is -2.14. The molecule has 2 N–H and O–H groups in total. The Hall–Kier alpha value is -3.56. The highest BCUT2D eigenvalue weighted by Crippen LogP contribution is 2.17. The van der Waals surface area contributed by atoms with Gasteiger partial charge in [0.25, 0.3) is 5.91 Å². The second kappa shape index (κ2) is 5.44. The lowest BCUT2D eigenvalue weighted by Gasteiger charge is -2.05. The van der Waals surface area contributed by atoms with Crippen molar-refractivity contribution < 1.29 is 9.72 Å². The second-order valence-electron chi connectivity index (χ2n) is 4.22. The van der Waals surface area contributed by atoms with Crippen molar-refractivity contribution in [2.24, 2.45) is 0 Å². The molecule has 0 fully saturated rings. The molecule has 0 aromatic carbocycles. The van der Waals surface area contributed by atoms with Gasteiger partial charge in [0.05, 0.1) is 16.8 Å². The number of imidazole rings is 1. The van der Waals surface area contributed by atoms with Gasteiger partial charge in [-0.15, -0.1) is 0 Å². The predicted octanol–water partition coefficient (Wildman–Crippen LogP) is 1.15. The summed E-state index contributed by atoms with van der Waals surface area (Å²) in [5.74, 6) is -0.0376. The molecule has 0 spiro atoms. The quantitative estimate of drug-likeness (QED) is 0.548. The molecule has 3 aromatic rings. The molecule has 0 unspecified atom stereocenters. The fraction of sp³-hybridized carbons (Fsp3) is 0.